The molecule has 2 heterocycles. The number of Topliss-reactive ketones (excluding diaryl/α,β-unsaturated/α-hetero) is 1. The lowest BCUT2D eigenvalue weighted by Crippen LogP contribution is -2.39. The van der Waals surface area contributed by atoms with Crippen LogP contribution in [0, 0.1) is 0 Å². The average molecular weight is 416 g/mol. The number of ether oxygens (including phenoxy) is 2. The zero-order chi connectivity index (χ0) is 19.3. The molecule has 5 rings (SSSR count). The summed E-state index contributed by atoms with van der Waals surface area (Å²) in [6, 6.07) is 9.37. The largest absolute Gasteiger partial charge is 0.478 e. The molecule has 2 aromatic rings. The fourth-order valence-corrected chi connectivity index (χ4v) is 4.70. The summed E-state index contributed by atoms with van der Waals surface area (Å²) in [6.07, 6.45) is 6.61. The number of hydrogen-bond donors (Lipinski definition) is 0. The van der Waals surface area contributed by atoms with E-state index in [1.54, 1.807) is 30.3 Å². The van der Waals surface area contributed by atoms with E-state index in [-0.39, 0.29) is 11.5 Å². The second-order valence-electron chi connectivity index (χ2n) is 7.48. The van der Waals surface area contributed by atoms with Crippen molar-refractivity contribution in [3.05, 3.63) is 62.8 Å². The summed E-state index contributed by atoms with van der Waals surface area (Å²) in [7, 11) is 0. The molecule has 1 saturated carbocycles. The van der Waals surface area contributed by atoms with E-state index >= 15 is 0 Å². The van der Waals surface area contributed by atoms with Crippen LogP contribution in [-0.4, -0.2) is 23.5 Å². The average Bonchev–Trinajstić information content (AvgIpc) is 3.33. The molecule has 2 aliphatic heterocycles. The van der Waals surface area contributed by atoms with Gasteiger partial charge in [0.05, 0.1) is 11.1 Å². The molecule has 0 saturated heterocycles. The van der Waals surface area contributed by atoms with Gasteiger partial charge in [0.25, 0.3) is 0 Å². The highest BCUT2D eigenvalue weighted by Crippen LogP contribution is 2.43. The van der Waals surface area contributed by atoms with Crippen LogP contribution < -0.4 is 9.47 Å². The van der Waals surface area contributed by atoms with Gasteiger partial charge in [0, 0.05) is 22.6 Å². The summed E-state index contributed by atoms with van der Waals surface area (Å²) >= 11 is 12.2. The summed E-state index contributed by atoms with van der Waals surface area (Å²) in [5.74, 6) is 1.54. The van der Waals surface area contributed by atoms with Gasteiger partial charge < -0.3 is 9.47 Å². The molecule has 1 fully saturated rings. The van der Waals surface area contributed by atoms with Crippen LogP contribution in [0.2, 0.25) is 10.0 Å². The van der Waals surface area contributed by atoms with Crippen molar-refractivity contribution in [2.24, 2.45) is 0 Å². The highest BCUT2D eigenvalue weighted by molar-refractivity contribution is 6.35. The maximum Gasteiger partial charge on any atom is 0.231 e. The molecule has 6 heteroatoms. The summed E-state index contributed by atoms with van der Waals surface area (Å²) in [5.41, 5.74) is 2.22. The Hall–Kier alpha value is -2.01. The molecule has 4 nitrogen and oxygen atoms in total. The number of nitrogens with zero attached hydrogens (tertiary/aromatic N) is 1. The summed E-state index contributed by atoms with van der Waals surface area (Å²) < 4.78 is 12.0. The van der Waals surface area contributed by atoms with Crippen molar-refractivity contribution in [1.82, 2.24) is 4.90 Å². The highest BCUT2D eigenvalue weighted by atomic mass is 35.5. The van der Waals surface area contributed by atoms with E-state index in [4.69, 9.17) is 32.7 Å². The first-order valence-corrected chi connectivity index (χ1v) is 10.3. The van der Waals surface area contributed by atoms with Crippen molar-refractivity contribution in [2.45, 2.75) is 38.3 Å². The van der Waals surface area contributed by atoms with E-state index in [0.717, 1.165) is 17.9 Å². The lowest BCUT2D eigenvalue weighted by Gasteiger charge is -2.33. The van der Waals surface area contributed by atoms with Gasteiger partial charge in [-0.05, 0) is 48.7 Å². The number of ketones is 1. The quantitative estimate of drug-likeness (QED) is 0.589. The standard InChI is InChI=1S/C22H19Cl2NO3/c23-14-6-5-13(18(24)10-14)9-20-21(26)16-7-8-19-17(22(16)28-20)11-25(12-27-19)15-3-1-2-4-15/h5-10,15H,1-4,11-12H2/b20-9-. The zero-order valence-corrected chi connectivity index (χ0v) is 16.7. The first-order chi connectivity index (χ1) is 13.6. The first-order valence-electron chi connectivity index (χ1n) is 9.52. The van der Waals surface area contributed by atoms with Crippen molar-refractivity contribution in [3.8, 4) is 11.5 Å². The Labute approximate surface area is 173 Å². The lowest BCUT2D eigenvalue weighted by molar-refractivity contribution is 0.0567. The fraction of sp³-hybridized carbons (Fsp3) is 0.318. The van der Waals surface area contributed by atoms with Crippen molar-refractivity contribution in [1.29, 1.82) is 0 Å². The van der Waals surface area contributed by atoms with Gasteiger partial charge in [0.15, 0.2) is 5.76 Å². The van der Waals surface area contributed by atoms with E-state index in [2.05, 4.69) is 4.90 Å². The molecule has 0 aromatic heterocycles. The third-order valence-corrected chi connectivity index (χ3v) is 6.30. The van der Waals surface area contributed by atoms with Crippen LogP contribution in [0.4, 0.5) is 0 Å². The monoisotopic (exact) mass is 415 g/mol. The SMILES string of the molecule is O=C1/C(=C/c2ccc(Cl)cc2Cl)Oc2c1ccc1c2CN(C2CCCC2)CO1. The van der Waals surface area contributed by atoms with Crippen LogP contribution in [-0.2, 0) is 6.54 Å². The molecule has 0 radical (unpaired) electrons. The molecular formula is C22H19Cl2NO3. The number of halogens is 2. The Balaban J connectivity index is 1.48. The van der Waals surface area contributed by atoms with Crippen molar-refractivity contribution in [3.63, 3.8) is 0 Å². The van der Waals surface area contributed by atoms with Crippen LogP contribution in [0.1, 0.15) is 47.2 Å². The Morgan fingerprint density at radius 1 is 1.11 bits per heavy atom. The third-order valence-electron chi connectivity index (χ3n) is 5.74. The Kier molecular flexibility index (Phi) is 4.58. The van der Waals surface area contributed by atoms with Gasteiger partial charge in [-0.1, -0.05) is 42.1 Å². The minimum atomic E-state index is -0.137. The summed E-state index contributed by atoms with van der Waals surface area (Å²) in [6.45, 7) is 1.33. The molecule has 3 aliphatic rings. The van der Waals surface area contributed by atoms with Crippen molar-refractivity contribution < 1.29 is 14.3 Å². The molecule has 0 N–H and O–H groups in total. The number of hydrogen-bond acceptors (Lipinski definition) is 4. The van der Waals surface area contributed by atoms with Crippen LogP contribution in [0.5, 0.6) is 11.5 Å². The molecule has 0 amide bonds. The lowest BCUT2D eigenvalue weighted by atomic mass is 10.0. The maximum absolute atomic E-state index is 12.9. The summed E-state index contributed by atoms with van der Waals surface area (Å²) in [4.78, 5) is 15.2. The number of carbonyl (C=O) groups is 1. The topological polar surface area (TPSA) is 38.8 Å². The molecule has 0 unspecified atom stereocenters. The zero-order valence-electron chi connectivity index (χ0n) is 15.2. The van der Waals surface area contributed by atoms with Crippen molar-refractivity contribution >= 4 is 35.1 Å². The van der Waals surface area contributed by atoms with Gasteiger partial charge in [0.2, 0.25) is 5.78 Å². The van der Waals surface area contributed by atoms with Crippen LogP contribution in [0.3, 0.4) is 0 Å². The number of rotatable bonds is 2. The number of allylic oxidation sites excluding steroid dienone is 1. The van der Waals surface area contributed by atoms with Crippen LogP contribution >= 0.6 is 23.2 Å². The molecule has 0 atom stereocenters. The Morgan fingerprint density at radius 3 is 2.71 bits per heavy atom. The molecule has 1 aliphatic carbocycles. The fourth-order valence-electron chi connectivity index (χ4n) is 4.24. The van der Waals surface area contributed by atoms with Gasteiger partial charge in [-0.25, -0.2) is 0 Å². The number of carbonyl (C=O) groups excluding carboxylic acids is 1. The minimum Gasteiger partial charge on any atom is -0.478 e. The second-order valence-corrected chi connectivity index (χ2v) is 8.33. The van der Waals surface area contributed by atoms with E-state index < -0.39 is 0 Å². The minimum absolute atomic E-state index is 0.137. The molecule has 0 spiro atoms. The van der Waals surface area contributed by atoms with Gasteiger partial charge >= 0.3 is 0 Å². The summed E-state index contributed by atoms with van der Waals surface area (Å²) in [5, 5.41) is 1.03. The molecule has 0 bridgehead atoms. The predicted molar refractivity (Wildman–Crippen MR) is 109 cm³/mol. The second kappa shape index (κ2) is 7.11. The van der Waals surface area contributed by atoms with Gasteiger partial charge in [0.1, 0.15) is 18.2 Å². The smallest absolute Gasteiger partial charge is 0.231 e. The highest BCUT2D eigenvalue weighted by Gasteiger charge is 2.35. The first kappa shape index (κ1) is 18.0. The van der Waals surface area contributed by atoms with E-state index in [1.165, 1.54) is 25.7 Å². The maximum atomic E-state index is 12.9. The molecule has 2 aromatic carbocycles. The number of benzene rings is 2. The third kappa shape index (κ3) is 3.10. The van der Waals surface area contributed by atoms with Crippen molar-refractivity contribution in [2.75, 3.05) is 6.73 Å². The van der Waals surface area contributed by atoms with E-state index in [0.29, 0.717) is 39.7 Å². The van der Waals surface area contributed by atoms with Crippen LogP contribution in [0.25, 0.3) is 6.08 Å². The Morgan fingerprint density at radius 2 is 1.93 bits per heavy atom. The predicted octanol–water partition coefficient (Wildman–Crippen LogP) is 5.70. The normalized spacial score (nSPS) is 20.8. The van der Waals surface area contributed by atoms with E-state index in [1.807, 2.05) is 6.07 Å². The molecular weight excluding hydrogens is 397 g/mol. The number of fused-ring (bicyclic) bond motifs is 3. The molecule has 144 valence electrons. The van der Waals surface area contributed by atoms with E-state index in [9.17, 15) is 4.79 Å². The van der Waals surface area contributed by atoms with Crippen LogP contribution in [0.15, 0.2) is 36.1 Å². The Bertz CT molecular complexity index is 996. The van der Waals surface area contributed by atoms with Gasteiger partial charge in [-0.3, -0.25) is 9.69 Å². The van der Waals surface area contributed by atoms with Gasteiger partial charge in [-0.15, -0.1) is 0 Å². The molecule has 28 heavy (non-hydrogen) atoms. The van der Waals surface area contributed by atoms with Gasteiger partial charge in [-0.2, -0.15) is 0 Å².